The molecule has 19 heavy (non-hydrogen) atoms. The average Bonchev–Trinajstić information content (AvgIpc) is 2.68. The molecule has 1 aromatic carbocycles. The van der Waals surface area contributed by atoms with E-state index >= 15 is 0 Å². The molecule has 100 valence electrons. The number of aryl methyl sites for hydroxylation is 1. The van der Waals surface area contributed by atoms with Crippen LogP contribution in [-0.4, -0.2) is 15.6 Å². The molecule has 0 radical (unpaired) electrons. The van der Waals surface area contributed by atoms with Crippen molar-refractivity contribution >= 4 is 21.7 Å². The molecule has 1 aromatic heterocycles. The molecule has 3 nitrogen and oxygen atoms in total. The molecule has 0 unspecified atom stereocenters. The summed E-state index contributed by atoms with van der Waals surface area (Å²) in [6.45, 7) is 3.64. The molecule has 0 fully saturated rings. The first-order valence-electron chi connectivity index (χ1n) is 5.82. The van der Waals surface area contributed by atoms with Gasteiger partial charge in [-0.1, -0.05) is 12.1 Å². The fourth-order valence-corrected chi connectivity index (χ4v) is 2.49. The van der Waals surface area contributed by atoms with Gasteiger partial charge in [0.2, 0.25) is 0 Å². The maximum Gasteiger partial charge on any atom is 0.191 e. The number of rotatable bonds is 3. The molecule has 0 saturated heterocycles. The van der Waals surface area contributed by atoms with Gasteiger partial charge in [-0.05, 0) is 47.5 Å². The summed E-state index contributed by atoms with van der Waals surface area (Å²) in [5.74, 6) is -0.375. The second kappa shape index (κ2) is 4.89. The minimum absolute atomic E-state index is 0.0639. The van der Waals surface area contributed by atoms with Gasteiger partial charge in [-0.25, -0.2) is 4.39 Å². The second-order valence-corrected chi connectivity index (χ2v) is 5.78. The molecule has 2 aromatic rings. The van der Waals surface area contributed by atoms with Crippen molar-refractivity contribution in [3.05, 3.63) is 52.0 Å². The standard InChI is InChI=1S/C14H14BrFN2O/c1-14(2,9-4-6-10(16)7-5-9)13(19)12-11(15)8-17-18(12)3/h4-8H,1-3H3. The van der Waals surface area contributed by atoms with Crippen molar-refractivity contribution in [2.45, 2.75) is 19.3 Å². The third-order valence-electron chi connectivity index (χ3n) is 3.24. The lowest BCUT2D eigenvalue weighted by Gasteiger charge is -2.24. The lowest BCUT2D eigenvalue weighted by molar-refractivity contribution is 0.0898. The number of carbonyl (C=O) groups excluding carboxylic acids is 1. The van der Waals surface area contributed by atoms with Gasteiger partial charge in [-0.3, -0.25) is 9.48 Å². The molecule has 2 rings (SSSR count). The summed E-state index contributed by atoms with van der Waals surface area (Å²) >= 11 is 3.33. The van der Waals surface area contributed by atoms with E-state index in [1.165, 1.54) is 16.8 Å². The summed E-state index contributed by atoms with van der Waals surface area (Å²) in [4.78, 5) is 12.7. The molecule has 5 heteroatoms. The summed E-state index contributed by atoms with van der Waals surface area (Å²) in [5, 5.41) is 4.05. The van der Waals surface area contributed by atoms with Gasteiger partial charge in [-0.15, -0.1) is 0 Å². The Morgan fingerprint density at radius 3 is 2.37 bits per heavy atom. The van der Waals surface area contributed by atoms with Gasteiger partial charge in [0.1, 0.15) is 11.5 Å². The predicted octanol–water partition coefficient (Wildman–Crippen LogP) is 3.48. The number of carbonyl (C=O) groups is 1. The number of aromatic nitrogens is 2. The zero-order valence-electron chi connectivity index (χ0n) is 10.9. The first-order chi connectivity index (χ1) is 8.84. The molecule has 0 aliphatic carbocycles. The molecule has 0 aliphatic heterocycles. The van der Waals surface area contributed by atoms with Crippen LogP contribution in [-0.2, 0) is 12.5 Å². The van der Waals surface area contributed by atoms with Crippen LogP contribution < -0.4 is 0 Å². The monoisotopic (exact) mass is 324 g/mol. The van der Waals surface area contributed by atoms with Gasteiger partial charge in [0.25, 0.3) is 0 Å². The van der Waals surface area contributed by atoms with E-state index in [9.17, 15) is 9.18 Å². The van der Waals surface area contributed by atoms with Crippen molar-refractivity contribution in [2.24, 2.45) is 7.05 Å². The molecule has 0 atom stereocenters. The third kappa shape index (κ3) is 2.47. The molecule has 0 aliphatic rings. The van der Waals surface area contributed by atoms with Crippen LogP contribution in [0.3, 0.4) is 0 Å². The van der Waals surface area contributed by atoms with Crippen molar-refractivity contribution in [1.29, 1.82) is 0 Å². The third-order valence-corrected chi connectivity index (χ3v) is 3.82. The van der Waals surface area contributed by atoms with Gasteiger partial charge >= 0.3 is 0 Å². The topological polar surface area (TPSA) is 34.9 Å². The van der Waals surface area contributed by atoms with Crippen molar-refractivity contribution in [2.75, 3.05) is 0 Å². The molecular weight excluding hydrogens is 311 g/mol. The van der Waals surface area contributed by atoms with E-state index < -0.39 is 5.41 Å². The van der Waals surface area contributed by atoms with E-state index in [4.69, 9.17) is 0 Å². The molecule has 0 N–H and O–H groups in total. The minimum atomic E-state index is -0.746. The number of Topliss-reactive ketones (excluding diaryl/α,β-unsaturated/α-hetero) is 1. The molecule has 1 heterocycles. The molecule has 0 bridgehead atoms. The maximum atomic E-state index is 13.0. The van der Waals surface area contributed by atoms with Crippen molar-refractivity contribution in [3.8, 4) is 0 Å². The van der Waals surface area contributed by atoms with Crippen LogP contribution in [0.15, 0.2) is 34.9 Å². The Hall–Kier alpha value is -1.49. The molecule has 0 spiro atoms. The lowest BCUT2D eigenvalue weighted by Crippen LogP contribution is -2.31. The lowest BCUT2D eigenvalue weighted by atomic mass is 9.79. The number of ketones is 1. The SMILES string of the molecule is Cn1ncc(Br)c1C(=O)C(C)(C)c1ccc(F)cc1. The normalized spacial score (nSPS) is 11.6. The highest BCUT2D eigenvalue weighted by atomic mass is 79.9. The summed E-state index contributed by atoms with van der Waals surface area (Å²) in [6.07, 6.45) is 1.59. The first kappa shape index (κ1) is 13.9. The Morgan fingerprint density at radius 2 is 1.89 bits per heavy atom. The van der Waals surface area contributed by atoms with Crippen LogP contribution in [0.4, 0.5) is 4.39 Å². The summed E-state index contributed by atoms with van der Waals surface area (Å²) in [6, 6.07) is 6.00. The van der Waals surface area contributed by atoms with Crippen LogP contribution in [0.1, 0.15) is 29.9 Å². The fourth-order valence-electron chi connectivity index (χ4n) is 1.96. The highest BCUT2D eigenvalue weighted by Gasteiger charge is 2.33. The largest absolute Gasteiger partial charge is 0.291 e. The van der Waals surface area contributed by atoms with Crippen molar-refractivity contribution in [3.63, 3.8) is 0 Å². The van der Waals surface area contributed by atoms with Crippen LogP contribution in [0.2, 0.25) is 0 Å². The molecule has 0 amide bonds. The van der Waals surface area contributed by atoms with E-state index in [-0.39, 0.29) is 11.6 Å². The maximum absolute atomic E-state index is 13.0. The van der Waals surface area contributed by atoms with E-state index in [0.29, 0.717) is 10.2 Å². The molecule has 0 saturated carbocycles. The highest BCUT2D eigenvalue weighted by Crippen LogP contribution is 2.30. The molecular formula is C14H14BrFN2O. The zero-order valence-corrected chi connectivity index (χ0v) is 12.5. The Morgan fingerprint density at radius 1 is 1.32 bits per heavy atom. The Labute approximate surface area is 119 Å². The Balaban J connectivity index is 2.45. The van der Waals surface area contributed by atoms with E-state index in [2.05, 4.69) is 21.0 Å². The van der Waals surface area contributed by atoms with Gasteiger partial charge in [0.15, 0.2) is 5.78 Å². The van der Waals surface area contributed by atoms with Gasteiger partial charge in [0, 0.05) is 7.05 Å². The first-order valence-corrected chi connectivity index (χ1v) is 6.61. The summed E-state index contributed by atoms with van der Waals surface area (Å²) in [7, 11) is 1.72. The van der Waals surface area contributed by atoms with E-state index in [1.54, 1.807) is 25.4 Å². The van der Waals surface area contributed by atoms with Crippen LogP contribution >= 0.6 is 15.9 Å². The van der Waals surface area contributed by atoms with E-state index in [0.717, 1.165) is 5.56 Å². The smallest absolute Gasteiger partial charge is 0.191 e. The number of nitrogens with zero attached hydrogens (tertiary/aromatic N) is 2. The van der Waals surface area contributed by atoms with Crippen LogP contribution in [0.5, 0.6) is 0 Å². The Kier molecular flexibility index (Phi) is 3.58. The fraction of sp³-hybridized carbons (Fsp3) is 0.286. The van der Waals surface area contributed by atoms with E-state index in [1.807, 2.05) is 13.8 Å². The number of benzene rings is 1. The second-order valence-electron chi connectivity index (χ2n) is 4.93. The van der Waals surface area contributed by atoms with Crippen molar-refractivity contribution in [1.82, 2.24) is 9.78 Å². The predicted molar refractivity (Wildman–Crippen MR) is 74.7 cm³/mol. The number of hydrogen-bond donors (Lipinski definition) is 0. The highest BCUT2D eigenvalue weighted by molar-refractivity contribution is 9.10. The Bertz CT molecular complexity index is 597. The quantitative estimate of drug-likeness (QED) is 0.810. The van der Waals surface area contributed by atoms with Gasteiger partial charge in [0.05, 0.1) is 16.1 Å². The summed E-state index contributed by atoms with van der Waals surface area (Å²) < 4.78 is 15.2. The van der Waals surface area contributed by atoms with Crippen molar-refractivity contribution < 1.29 is 9.18 Å². The number of hydrogen-bond acceptors (Lipinski definition) is 2. The van der Waals surface area contributed by atoms with Crippen LogP contribution in [0, 0.1) is 5.82 Å². The average molecular weight is 325 g/mol. The van der Waals surface area contributed by atoms with Crippen LogP contribution in [0.25, 0.3) is 0 Å². The zero-order chi connectivity index (χ0) is 14.2. The number of halogens is 2. The minimum Gasteiger partial charge on any atom is -0.291 e. The van der Waals surface area contributed by atoms with Gasteiger partial charge < -0.3 is 0 Å². The van der Waals surface area contributed by atoms with Gasteiger partial charge in [-0.2, -0.15) is 5.10 Å². The summed E-state index contributed by atoms with van der Waals surface area (Å²) in [5.41, 5.74) is 0.533.